The molecule has 0 aromatic carbocycles. The first-order valence-electron chi connectivity index (χ1n) is 5.80. The van der Waals surface area contributed by atoms with E-state index < -0.39 is 0 Å². The third-order valence-corrected chi connectivity index (χ3v) is 3.28. The first kappa shape index (κ1) is 9.21. The second-order valence-electron chi connectivity index (χ2n) is 4.82. The highest BCUT2D eigenvalue weighted by Gasteiger charge is 2.30. The summed E-state index contributed by atoms with van der Waals surface area (Å²) in [5, 5.41) is 0. The van der Waals surface area contributed by atoms with Crippen LogP contribution < -0.4 is 10.6 Å². The fourth-order valence-corrected chi connectivity index (χ4v) is 2.33. The summed E-state index contributed by atoms with van der Waals surface area (Å²) in [6.07, 6.45) is 5.89. The van der Waals surface area contributed by atoms with Crippen molar-refractivity contribution >= 4 is 5.95 Å². The van der Waals surface area contributed by atoms with Crippen LogP contribution in [0.5, 0.6) is 0 Å². The Morgan fingerprint density at radius 3 is 2.80 bits per heavy atom. The summed E-state index contributed by atoms with van der Waals surface area (Å²) in [6.45, 7) is 4.09. The Balaban J connectivity index is 1.89. The fourth-order valence-electron chi connectivity index (χ4n) is 2.33. The molecule has 0 bridgehead atoms. The van der Waals surface area contributed by atoms with Gasteiger partial charge in [0.05, 0.1) is 5.69 Å². The number of hydrogen-bond donors (Lipinski definition) is 1. The molecule has 4 nitrogen and oxygen atoms in total. The van der Waals surface area contributed by atoms with E-state index in [1.807, 2.05) is 0 Å². The summed E-state index contributed by atoms with van der Waals surface area (Å²) in [5.41, 5.74) is 7.05. The van der Waals surface area contributed by atoms with Gasteiger partial charge in [0.15, 0.2) is 0 Å². The van der Waals surface area contributed by atoms with Crippen LogP contribution in [0, 0.1) is 6.92 Å². The molecule has 0 amide bonds. The van der Waals surface area contributed by atoms with E-state index in [4.69, 9.17) is 5.73 Å². The van der Waals surface area contributed by atoms with Gasteiger partial charge >= 0.3 is 0 Å². The lowest BCUT2D eigenvalue weighted by Gasteiger charge is -2.18. The van der Waals surface area contributed by atoms with E-state index >= 15 is 0 Å². The predicted molar refractivity (Wildman–Crippen MR) is 60.0 cm³/mol. The highest BCUT2D eigenvalue weighted by molar-refractivity contribution is 5.36. The average Bonchev–Trinajstić information content (AvgIpc) is 2.85. The molecular formula is C11H18N4. The van der Waals surface area contributed by atoms with Crippen LogP contribution in [0.3, 0.4) is 0 Å². The van der Waals surface area contributed by atoms with E-state index in [0.717, 1.165) is 31.2 Å². The van der Waals surface area contributed by atoms with Gasteiger partial charge < -0.3 is 15.2 Å². The molecule has 2 N–H and O–H groups in total. The molecule has 2 heterocycles. The van der Waals surface area contributed by atoms with E-state index in [1.165, 1.54) is 12.8 Å². The normalized spacial score (nSPS) is 26.3. The minimum absolute atomic E-state index is 0.328. The van der Waals surface area contributed by atoms with Crippen molar-refractivity contribution in [1.82, 2.24) is 9.55 Å². The summed E-state index contributed by atoms with van der Waals surface area (Å²) in [7, 11) is 0. The molecule has 3 rings (SSSR count). The van der Waals surface area contributed by atoms with Gasteiger partial charge in [-0.25, -0.2) is 4.98 Å². The van der Waals surface area contributed by atoms with Crippen LogP contribution in [0.2, 0.25) is 0 Å². The molecule has 15 heavy (non-hydrogen) atoms. The monoisotopic (exact) mass is 206 g/mol. The Kier molecular flexibility index (Phi) is 1.99. The van der Waals surface area contributed by atoms with Gasteiger partial charge in [-0.15, -0.1) is 0 Å². The maximum absolute atomic E-state index is 5.93. The van der Waals surface area contributed by atoms with Crippen LogP contribution in [-0.4, -0.2) is 28.7 Å². The average molecular weight is 206 g/mol. The van der Waals surface area contributed by atoms with Crippen LogP contribution in [0.15, 0.2) is 6.20 Å². The van der Waals surface area contributed by atoms with Crippen molar-refractivity contribution in [2.75, 3.05) is 18.0 Å². The molecule has 0 radical (unpaired) electrons. The third-order valence-electron chi connectivity index (χ3n) is 3.28. The number of hydrogen-bond acceptors (Lipinski definition) is 3. The largest absolute Gasteiger partial charge is 0.341 e. The Morgan fingerprint density at radius 1 is 1.40 bits per heavy atom. The van der Waals surface area contributed by atoms with E-state index in [9.17, 15) is 0 Å². The van der Waals surface area contributed by atoms with Gasteiger partial charge in [-0.05, 0) is 26.2 Å². The van der Waals surface area contributed by atoms with Crippen molar-refractivity contribution in [3.8, 4) is 0 Å². The lowest BCUT2D eigenvalue weighted by atomic mass is 10.3. The van der Waals surface area contributed by atoms with E-state index in [-0.39, 0.29) is 0 Å². The molecule has 4 heteroatoms. The summed E-state index contributed by atoms with van der Waals surface area (Å²) >= 11 is 0. The van der Waals surface area contributed by atoms with Crippen molar-refractivity contribution in [1.29, 1.82) is 0 Å². The molecule has 1 saturated heterocycles. The lowest BCUT2D eigenvalue weighted by molar-refractivity contribution is 0.706. The maximum Gasteiger partial charge on any atom is 0.206 e. The number of rotatable bonds is 2. The maximum atomic E-state index is 5.93. The van der Waals surface area contributed by atoms with Crippen molar-refractivity contribution in [3.05, 3.63) is 11.9 Å². The second-order valence-corrected chi connectivity index (χ2v) is 4.82. The Labute approximate surface area is 90.1 Å². The number of aryl methyl sites for hydroxylation is 1. The molecule has 1 aromatic heterocycles. The molecule has 82 valence electrons. The first-order valence-corrected chi connectivity index (χ1v) is 5.80. The van der Waals surface area contributed by atoms with Crippen molar-refractivity contribution in [3.63, 3.8) is 0 Å². The van der Waals surface area contributed by atoms with Gasteiger partial charge in [-0.3, -0.25) is 0 Å². The predicted octanol–water partition coefficient (Wildman–Crippen LogP) is 1.06. The summed E-state index contributed by atoms with van der Waals surface area (Å²) in [5.74, 6) is 1.14. The number of nitrogens with two attached hydrogens (primary N) is 1. The van der Waals surface area contributed by atoms with E-state index in [2.05, 4.69) is 27.6 Å². The Morgan fingerprint density at radius 2 is 2.20 bits per heavy atom. The molecule has 1 saturated carbocycles. The van der Waals surface area contributed by atoms with E-state index in [1.54, 1.807) is 0 Å². The molecule has 2 fully saturated rings. The van der Waals surface area contributed by atoms with Gasteiger partial charge in [0.25, 0.3) is 0 Å². The summed E-state index contributed by atoms with van der Waals surface area (Å²) in [6, 6.07) is 1.03. The summed E-state index contributed by atoms with van der Waals surface area (Å²) < 4.78 is 2.34. The molecule has 2 aliphatic rings. The standard InChI is InChI=1S/C11H18N4/c1-8-6-15(10-2-3-10)11(13-8)14-5-4-9(12)7-14/h6,9-10H,2-5,7,12H2,1H3. The molecule has 1 aromatic rings. The zero-order valence-electron chi connectivity index (χ0n) is 9.19. The molecule has 1 aliphatic heterocycles. The van der Waals surface area contributed by atoms with Crippen LogP contribution in [0.1, 0.15) is 31.0 Å². The van der Waals surface area contributed by atoms with Crippen LogP contribution in [0.4, 0.5) is 5.95 Å². The highest BCUT2D eigenvalue weighted by Crippen LogP contribution is 2.38. The van der Waals surface area contributed by atoms with Gasteiger partial charge in [0.1, 0.15) is 0 Å². The molecular weight excluding hydrogens is 188 g/mol. The number of nitrogens with zero attached hydrogens (tertiary/aromatic N) is 3. The van der Waals surface area contributed by atoms with Gasteiger partial charge in [0, 0.05) is 31.4 Å². The highest BCUT2D eigenvalue weighted by atomic mass is 15.3. The number of anilines is 1. The third kappa shape index (κ3) is 1.63. The first-order chi connectivity index (χ1) is 7.24. The van der Waals surface area contributed by atoms with Crippen molar-refractivity contribution in [2.24, 2.45) is 5.73 Å². The second kappa shape index (κ2) is 3.23. The smallest absolute Gasteiger partial charge is 0.206 e. The zero-order chi connectivity index (χ0) is 10.4. The molecule has 1 aliphatic carbocycles. The SMILES string of the molecule is Cc1cn(C2CC2)c(N2CCC(N)C2)n1. The Hall–Kier alpha value is -1.03. The van der Waals surface area contributed by atoms with Gasteiger partial charge in [-0.1, -0.05) is 0 Å². The minimum Gasteiger partial charge on any atom is -0.341 e. The molecule has 1 unspecified atom stereocenters. The van der Waals surface area contributed by atoms with Gasteiger partial charge in [0.2, 0.25) is 5.95 Å². The van der Waals surface area contributed by atoms with Gasteiger partial charge in [-0.2, -0.15) is 0 Å². The Bertz CT molecular complexity index is 367. The lowest BCUT2D eigenvalue weighted by Crippen LogP contribution is -2.28. The summed E-state index contributed by atoms with van der Waals surface area (Å²) in [4.78, 5) is 6.95. The fraction of sp³-hybridized carbons (Fsp3) is 0.727. The van der Waals surface area contributed by atoms with Crippen LogP contribution in [-0.2, 0) is 0 Å². The quantitative estimate of drug-likeness (QED) is 0.787. The molecule has 0 spiro atoms. The molecule has 1 atom stereocenters. The topological polar surface area (TPSA) is 47.1 Å². The van der Waals surface area contributed by atoms with Crippen molar-refractivity contribution in [2.45, 2.75) is 38.3 Å². The van der Waals surface area contributed by atoms with E-state index in [0.29, 0.717) is 12.1 Å². The minimum atomic E-state index is 0.328. The number of imidazole rings is 1. The zero-order valence-corrected chi connectivity index (χ0v) is 9.19. The van der Waals surface area contributed by atoms with Crippen LogP contribution >= 0.6 is 0 Å². The van der Waals surface area contributed by atoms with Crippen molar-refractivity contribution < 1.29 is 0 Å². The number of aromatic nitrogens is 2. The van der Waals surface area contributed by atoms with Crippen LogP contribution in [0.25, 0.3) is 0 Å².